The SMILES string of the molecule is CN1CCc2nc(C(=O)NN(CCC(=O)N3CCS(=O)(=O)CC3)C(=O)O)sc2C1. The van der Waals surface area contributed by atoms with Crippen molar-refractivity contribution in [3.05, 3.63) is 15.6 Å². The normalized spacial score (nSPS) is 18.7. The largest absolute Gasteiger partial charge is 0.464 e. The van der Waals surface area contributed by atoms with E-state index in [-0.39, 0.29) is 48.5 Å². The molecule has 0 aliphatic carbocycles. The number of carbonyl (C=O) groups is 3. The van der Waals surface area contributed by atoms with Crippen molar-refractivity contribution < 1.29 is 27.9 Å². The Hall–Kier alpha value is -2.25. The number of nitrogens with zero attached hydrogens (tertiary/aromatic N) is 4. The van der Waals surface area contributed by atoms with Gasteiger partial charge in [0.1, 0.15) is 0 Å². The molecule has 1 fully saturated rings. The number of sulfone groups is 1. The van der Waals surface area contributed by atoms with Crippen LogP contribution in [-0.2, 0) is 27.6 Å². The van der Waals surface area contributed by atoms with Gasteiger partial charge >= 0.3 is 6.09 Å². The molecular formula is C16H23N5O6S2. The number of carboxylic acid groups (broad SMARTS) is 1. The molecule has 2 aliphatic rings. The zero-order valence-electron chi connectivity index (χ0n) is 16.0. The van der Waals surface area contributed by atoms with E-state index < -0.39 is 21.8 Å². The predicted molar refractivity (Wildman–Crippen MR) is 104 cm³/mol. The molecule has 1 saturated heterocycles. The van der Waals surface area contributed by atoms with Crippen molar-refractivity contribution in [3.8, 4) is 0 Å². The van der Waals surface area contributed by atoms with E-state index in [0.717, 1.165) is 23.5 Å². The molecular weight excluding hydrogens is 422 g/mol. The molecule has 0 unspecified atom stereocenters. The monoisotopic (exact) mass is 445 g/mol. The molecule has 1 aromatic rings. The van der Waals surface area contributed by atoms with Gasteiger partial charge in [-0.2, -0.15) is 0 Å². The summed E-state index contributed by atoms with van der Waals surface area (Å²) in [6.45, 7) is 1.50. The average molecular weight is 446 g/mol. The molecule has 3 amide bonds. The van der Waals surface area contributed by atoms with Crippen LogP contribution in [0.5, 0.6) is 0 Å². The number of likely N-dealkylation sites (N-methyl/N-ethyl adjacent to an activating group) is 1. The minimum atomic E-state index is -3.11. The third kappa shape index (κ3) is 5.42. The molecule has 2 N–H and O–H groups in total. The number of hydrogen-bond acceptors (Lipinski definition) is 8. The summed E-state index contributed by atoms with van der Waals surface area (Å²) in [7, 11) is -1.13. The number of fused-ring (bicyclic) bond motifs is 1. The molecule has 0 radical (unpaired) electrons. The smallest absolute Gasteiger partial charge is 0.426 e. The van der Waals surface area contributed by atoms with Crippen molar-refractivity contribution in [3.63, 3.8) is 0 Å². The van der Waals surface area contributed by atoms with Crippen molar-refractivity contribution in [1.82, 2.24) is 25.2 Å². The van der Waals surface area contributed by atoms with Gasteiger partial charge in [0, 0.05) is 43.9 Å². The number of hydrazine groups is 1. The summed E-state index contributed by atoms with van der Waals surface area (Å²) in [6.07, 6.45) is -0.821. The van der Waals surface area contributed by atoms with Crippen molar-refractivity contribution in [1.29, 1.82) is 0 Å². The fourth-order valence-corrected chi connectivity index (χ4v) is 5.40. The number of thiazole rings is 1. The van der Waals surface area contributed by atoms with Gasteiger partial charge in [0.15, 0.2) is 14.8 Å². The van der Waals surface area contributed by atoms with Crippen LogP contribution in [-0.4, -0.2) is 96.0 Å². The van der Waals surface area contributed by atoms with Crippen LogP contribution in [0.25, 0.3) is 0 Å². The van der Waals surface area contributed by atoms with E-state index in [2.05, 4.69) is 15.3 Å². The Labute approximate surface area is 172 Å². The summed E-state index contributed by atoms with van der Waals surface area (Å²) < 4.78 is 22.9. The first-order valence-corrected chi connectivity index (χ1v) is 11.7. The molecule has 160 valence electrons. The molecule has 0 saturated carbocycles. The van der Waals surface area contributed by atoms with Gasteiger partial charge < -0.3 is 14.9 Å². The molecule has 0 spiro atoms. The van der Waals surface area contributed by atoms with Crippen LogP contribution in [0.2, 0.25) is 0 Å². The standard InChI is InChI=1S/C16H23N5O6S2/c1-19-4-2-11-12(10-19)28-15(17-11)14(23)18-21(16(24)25)5-3-13(22)20-6-8-29(26,27)9-7-20/h2-10H2,1H3,(H,18,23)(H,24,25). The molecule has 11 nitrogen and oxygen atoms in total. The number of nitrogens with one attached hydrogen (secondary N) is 1. The van der Waals surface area contributed by atoms with Crippen LogP contribution < -0.4 is 5.43 Å². The second kappa shape index (κ2) is 8.63. The topological polar surface area (TPSA) is 140 Å². The lowest BCUT2D eigenvalue weighted by atomic mass is 10.2. The first-order valence-electron chi connectivity index (χ1n) is 9.11. The van der Waals surface area contributed by atoms with E-state index in [9.17, 15) is 27.9 Å². The van der Waals surface area contributed by atoms with Gasteiger partial charge in [-0.1, -0.05) is 0 Å². The lowest BCUT2D eigenvalue weighted by Gasteiger charge is -2.27. The quantitative estimate of drug-likeness (QED) is 0.586. The molecule has 1 aromatic heterocycles. The molecule has 3 rings (SSSR count). The van der Waals surface area contributed by atoms with Gasteiger partial charge in [-0.25, -0.2) is 23.2 Å². The van der Waals surface area contributed by atoms with Gasteiger partial charge in [-0.05, 0) is 7.05 Å². The summed E-state index contributed by atoms with van der Waals surface area (Å²) in [6, 6.07) is 0. The van der Waals surface area contributed by atoms with Crippen LogP contribution in [0.1, 0.15) is 26.8 Å². The third-order valence-electron chi connectivity index (χ3n) is 4.83. The number of aromatic nitrogens is 1. The molecule has 0 bridgehead atoms. The van der Waals surface area contributed by atoms with E-state index in [1.165, 1.54) is 16.2 Å². The molecule has 13 heteroatoms. The summed E-state index contributed by atoms with van der Waals surface area (Å²) in [5, 5.41) is 10.2. The van der Waals surface area contributed by atoms with Crippen LogP contribution in [0.3, 0.4) is 0 Å². The average Bonchev–Trinajstić information content (AvgIpc) is 3.07. The zero-order valence-corrected chi connectivity index (χ0v) is 17.6. The molecule has 0 aromatic carbocycles. The highest BCUT2D eigenvalue weighted by atomic mass is 32.2. The first kappa shape index (κ1) is 21.5. The van der Waals surface area contributed by atoms with Gasteiger partial charge in [-0.3, -0.25) is 15.0 Å². The van der Waals surface area contributed by atoms with Gasteiger partial charge in [-0.15, -0.1) is 11.3 Å². The Morgan fingerprint density at radius 2 is 1.93 bits per heavy atom. The van der Waals surface area contributed by atoms with E-state index in [4.69, 9.17) is 0 Å². The van der Waals surface area contributed by atoms with E-state index in [1.54, 1.807) is 0 Å². The highest BCUT2D eigenvalue weighted by molar-refractivity contribution is 7.91. The van der Waals surface area contributed by atoms with Gasteiger partial charge in [0.05, 0.1) is 23.7 Å². The Balaban J connectivity index is 1.55. The van der Waals surface area contributed by atoms with Crippen molar-refractivity contribution in [2.75, 3.05) is 44.7 Å². The highest BCUT2D eigenvalue weighted by Crippen LogP contribution is 2.24. The number of amides is 3. The predicted octanol–water partition coefficient (Wildman–Crippen LogP) is -0.597. The molecule has 29 heavy (non-hydrogen) atoms. The van der Waals surface area contributed by atoms with Crippen LogP contribution >= 0.6 is 11.3 Å². The minimum Gasteiger partial charge on any atom is -0.464 e. The first-order chi connectivity index (χ1) is 13.6. The van der Waals surface area contributed by atoms with Crippen molar-refractivity contribution >= 4 is 39.1 Å². The molecule has 3 heterocycles. The lowest BCUT2D eigenvalue weighted by Crippen LogP contribution is -2.48. The van der Waals surface area contributed by atoms with E-state index in [1.807, 2.05) is 7.05 Å². The number of carbonyl (C=O) groups excluding carboxylic acids is 2. The summed E-state index contributed by atoms with van der Waals surface area (Å²) >= 11 is 1.23. The second-order valence-corrected chi connectivity index (χ2v) is 10.4. The summed E-state index contributed by atoms with van der Waals surface area (Å²) in [5.41, 5.74) is 3.14. The third-order valence-corrected chi connectivity index (χ3v) is 7.52. The fourth-order valence-electron chi connectivity index (χ4n) is 3.12. The Bertz CT molecular complexity index is 901. The van der Waals surface area contributed by atoms with Crippen LogP contribution in [0.4, 0.5) is 4.79 Å². The van der Waals surface area contributed by atoms with Crippen molar-refractivity contribution in [2.24, 2.45) is 0 Å². The Morgan fingerprint density at radius 3 is 2.59 bits per heavy atom. The van der Waals surface area contributed by atoms with Gasteiger partial charge in [0.2, 0.25) is 5.91 Å². The van der Waals surface area contributed by atoms with Crippen LogP contribution in [0.15, 0.2) is 0 Å². The molecule has 2 aliphatic heterocycles. The summed E-state index contributed by atoms with van der Waals surface area (Å²) in [4.78, 5) is 44.9. The van der Waals surface area contributed by atoms with Gasteiger partial charge in [0.25, 0.3) is 5.91 Å². The number of hydrogen-bond donors (Lipinski definition) is 2. The van der Waals surface area contributed by atoms with Crippen molar-refractivity contribution in [2.45, 2.75) is 19.4 Å². The van der Waals surface area contributed by atoms with Crippen LogP contribution in [0, 0.1) is 0 Å². The second-order valence-electron chi connectivity index (χ2n) is 7.03. The number of rotatable bonds is 4. The van der Waals surface area contributed by atoms with E-state index >= 15 is 0 Å². The van der Waals surface area contributed by atoms with E-state index in [0.29, 0.717) is 11.6 Å². The summed E-state index contributed by atoms with van der Waals surface area (Å²) in [5.74, 6) is -1.18. The lowest BCUT2D eigenvalue weighted by molar-refractivity contribution is -0.131. The zero-order chi connectivity index (χ0) is 21.2. The highest BCUT2D eigenvalue weighted by Gasteiger charge is 2.27. The fraction of sp³-hybridized carbons (Fsp3) is 0.625. The maximum Gasteiger partial charge on any atom is 0.426 e. The molecule has 0 atom stereocenters. The Kier molecular flexibility index (Phi) is 6.39. The minimum absolute atomic E-state index is 0.0952. The maximum absolute atomic E-state index is 12.4. The maximum atomic E-state index is 12.4. The Morgan fingerprint density at radius 1 is 1.24 bits per heavy atom.